The van der Waals surface area contributed by atoms with Gasteiger partial charge >= 0.3 is 0 Å². The van der Waals surface area contributed by atoms with Gasteiger partial charge in [-0.25, -0.2) is 4.39 Å². The molecule has 7 nitrogen and oxygen atoms in total. The molecule has 0 saturated carbocycles. The van der Waals surface area contributed by atoms with Crippen LogP contribution in [0.2, 0.25) is 0 Å². The van der Waals surface area contributed by atoms with Gasteiger partial charge in [0.25, 0.3) is 0 Å². The van der Waals surface area contributed by atoms with Crippen LogP contribution in [0.5, 0.6) is 5.75 Å². The first-order valence-electron chi connectivity index (χ1n) is 11.0. The fourth-order valence-corrected chi connectivity index (χ4v) is 4.00. The first kappa shape index (κ1) is 25.6. The zero-order valence-electron chi connectivity index (χ0n) is 18.6. The van der Waals surface area contributed by atoms with E-state index in [1.807, 2.05) is 11.8 Å². The number of rotatable bonds is 7. The third-order valence-corrected chi connectivity index (χ3v) is 5.84. The van der Waals surface area contributed by atoms with Crippen molar-refractivity contribution in [3.63, 3.8) is 0 Å². The van der Waals surface area contributed by atoms with E-state index in [-0.39, 0.29) is 41.7 Å². The maximum atomic E-state index is 12.9. The van der Waals surface area contributed by atoms with Crippen LogP contribution in [-0.4, -0.2) is 92.1 Å². The number of nitrogens with zero attached hydrogens (tertiary/aromatic N) is 4. The topological polar surface area (TPSA) is 60.4 Å². The Balaban J connectivity index is 0.00000341. The van der Waals surface area contributed by atoms with Crippen molar-refractivity contribution in [1.82, 2.24) is 20.0 Å². The highest BCUT2D eigenvalue weighted by Crippen LogP contribution is 2.14. The van der Waals surface area contributed by atoms with Crippen molar-refractivity contribution >= 4 is 35.8 Å². The number of ether oxygens (including phenoxy) is 1. The summed E-state index contributed by atoms with van der Waals surface area (Å²) in [6.07, 6.45) is 3.07. The largest absolute Gasteiger partial charge is 0.494 e. The quantitative estimate of drug-likeness (QED) is 0.246. The first-order chi connectivity index (χ1) is 14.6. The molecule has 0 aliphatic carbocycles. The van der Waals surface area contributed by atoms with Crippen LogP contribution in [0.4, 0.5) is 4.39 Å². The van der Waals surface area contributed by atoms with Crippen LogP contribution < -0.4 is 10.1 Å². The minimum Gasteiger partial charge on any atom is -0.494 e. The van der Waals surface area contributed by atoms with Gasteiger partial charge in [0, 0.05) is 52.9 Å². The smallest absolute Gasteiger partial charge is 0.239 e. The van der Waals surface area contributed by atoms with Crippen LogP contribution >= 0.6 is 24.0 Å². The molecule has 9 heteroatoms. The molecule has 1 aromatic carbocycles. The molecule has 2 saturated heterocycles. The van der Waals surface area contributed by atoms with Gasteiger partial charge < -0.3 is 19.9 Å². The highest BCUT2D eigenvalue weighted by molar-refractivity contribution is 14.0. The van der Waals surface area contributed by atoms with Gasteiger partial charge in [-0.2, -0.15) is 0 Å². The third kappa shape index (κ3) is 7.48. The lowest BCUT2D eigenvalue weighted by molar-refractivity contribution is -0.135. The predicted molar refractivity (Wildman–Crippen MR) is 132 cm³/mol. The van der Waals surface area contributed by atoms with E-state index in [2.05, 4.69) is 20.1 Å². The van der Waals surface area contributed by atoms with E-state index in [0.717, 1.165) is 71.0 Å². The molecular weight excluding hydrogens is 512 g/mol. The van der Waals surface area contributed by atoms with Crippen LogP contribution in [0.15, 0.2) is 29.3 Å². The number of guanidine groups is 1. The molecule has 1 unspecified atom stereocenters. The van der Waals surface area contributed by atoms with Gasteiger partial charge in [0.05, 0.1) is 12.6 Å². The van der Waals surface area contributed by atoms with E-state index < -0.39 is 0 Å². The molecule has 1 amide bonds. The van der Waals surface area contributed by atoms with E-state index in [1.54, 1.807) is 19.2 Å². The van der Waals surface area contributed by atoms with Gasteiger partial charge in [0.15, 0.2) is 5.96 Å². The van der Waals surface area contributed by atoms with Gasteiger partial charge in [-0.3, -0.25) is 14.7 Å². The van der Waals surface area contributed by atoms with E-state index >= 15 is 0 Å². The molecule has 0 bridgehead atoms. The van der Waals surface area contributed by atoms with E-state index in [0.29, 0.717) is 12.4 Å². The molecule has 2 heterocycles. The summed E-state index contributed by atoms with van der Waals surface area (Å²) in [5.41, 5.74) is 0. The fourth-order valence-electron chi connectivity index (χ4n) is 4.00. The normalized spacial score (nSPS) is 18.5. The second-order valence-electron chi connectivity index (χ2n) is 7.86. The lowest BCUT2D eigenvalue weighted by atomic mass is 10.2. The van der Waals surface area contributed by atoms with Crippen molar-refractivity contribution in [1.29, 1.82) is 0 Å². The maximum Gasteiger partial charge on any atom is 0.239 e. The summed E-state index contributed by atoms with van der Waals surface area (Å²) < 4.78 is 18.5. The number of aliphatic imine (C=N–C) groups is 1. The van der Waals surface area contributed by atoms with Crippen LogP contribution in [0.1, 0.15) is 26.2 Å². The van der Waals surface area contributed by atoms with Gasteiger partial charge in [0.1, 0.15) is 11.6 Å². The lowest BCUT2D eigenvalue weighted by Gasteiger charge is -2.39. The minimum absolute atomic E-state index is 0. The number of hydrogen-bond acceptors (Lipinski definition) is 4. The van der Waals surface area contributed by atoms with Crippen molar-refractivity contribution in [2.24, 2.45) is 4.99 Å². The molecule has 0 aromatic heterocycles. The average molecular weight is 547 g/mol. The number of amides is 1. The number of nitrogens with one attached hydrogen (secondary N) is 1. The number of halogens is 2. The molecule has 2 aliphatic rings. The Morgan fingerprint density at radius 1 is 1.10 bits per heavy atom. The highest BCUT2D eigenvalue weighted by Gasteiger charge is 2.30. The zero-order valence-corrected chi connectivity index (χ0v) is 20.9. The molecule has 2 aliphatic heterocycles. The Labute approximate surface area is 202 Å². The Hall–Kier alpha value is -1.62. The molecule has 31 heavy (non-hydrogen) atoms. The number of likely N-dealkylation sites (tertiary alicyclic amines) is 1. The van der Waals surface area contributed by atoms with Crippen molar-refractivity contribution < 1.29 is 13.9 Å². The zero-order chi connectivity index (χ0) is 21.3. The molecule has 0 spiro atoms. The second-order valence-corrected chi connectivity index (χ2v) is 7.86. The van der Waals surface area contributed by atoms with Crippen molar-refractivity contribution in [2.75, 3.05) is 59.5 Å². The molecule has 0 radical (unpaired) electrons. The fraction of sp³-hybridized carbons (Fsp3) is 0.636. The van der Waals surface area contributed by atoms with Crippen LogP contribution in [0, 0.1) is 5.82 Å². The SMILES string of the molecule is CN=C(NCCCOc1ccc(F)cc1)N1CCN(C(C)C(=O)N2CCCC2)CC1.I. The third-order valence-electron chi connectivity index (χ3n) is 5.84. The maximum absolute atomic E-state index is 12.9. The summed E-state index contributed by atoms with van der Waals surface area (Å²) in [5, 5.41) is 3.39. The Bertz CT molecular complexity index is 704. The van der Waals surface area contributed by atoms with Gasteiger partial charge in [-0.15, -0.1) is 24.0 Å². The van der Waals surface area contributed by atoms with Crippen LogP contribution in [0.3, 0.4) is 0 Å². The van der Waals surface area contributed by atoms with Gasteiger partial charge in [0.2, 0.25) is 5.91 Å². The Morgan fingerprint density at radius 3 is 2.35 bits per heavy atom. The number of hydrogen-bond donors (Lipinski definition) is 1. The first-order valence-corrected chi connectivity index (χ1v) is 11.0. The summed E-state index contributed by atoms with van der Waals surface area (Å²) in [6.45, 7) is 8.56. The number of benzene rings is 1. The van der Waals surface area contributed by atoms with Crippen LogP contribution in [-0.2, 0) is 4.79 Å². The summed E-state index contributed by atoms with van der Waals surface area (Å²) in [5.74, 6) is 1.57. The van der Waals surface area contributed by atoms with Gasteiger partial charge in [-0.05, 0) is 50.5 Å². The van der Waals surface area contributed by atoms with Crippen molar-refractivity contribution in [2.45, 2.75) is 32.2 Å². The summed E-state index contributed by atoms with van der Waals surface area (Å²) in [4.78, 5) is 23.6. The summed E-state index contributed by atoms with van der Waals surface area (Å²) >= 11 is 0. The van der Waals surface area contributed by atoms with E-state index in [9.17, 15) is 9.18 Å². The molecular formula is C22H35FIN5O2. The monoisotopic (exact) mass is 547 g/mol. The number of carbonyl (C=O) groups excluding carboxylic acids is 1. The Kier molecular flexibility index (Phi) is 10.8. The lowest BCUT2D eigenvalue weighted by Crippen LogP contribution is -2.57. The molecule has 3 rings (SSSR count). The molecule has 1 N–H and O–H groups in total. The van der Waals surface area contributed by atoms with E-state index in [1.165, 1.54) is 12.1 Å². The standard InChI is InChI=1S/C22H34FN5O2.HI/c1-18(21(29)27-11-3-4-12-27)26-13-15-28(16-14-26)22(24-2)25-10-5-17-30-20-8-6-19(23)7-9-20;/h6-9,18H,3-5,10-17H2,1-2H3,(H,24,25);1H. The molecule has 2 fully saturated rings. The summed E-state index contributed by atoms with van der Waals surface area (Å²) in [6, 6.07) is 6.01. The molecule has 1 aromatic rings. The number of carbonyl (C=O) groups is 1. The molecule has 1 atom stereocenters. The molecule has 174 valence electrons. The van der Waals surface area contributed by atoms with Gasteiger partial charge in [-0.1, -0.05) is 0 Å². The predicted octanol–water partition coefficient (Wildman–Crippen LogP) is 2.42. The minimum atomic E-state index is -0.261. The number of piperazine rings is 1. The summed E-state index contributed by atoms with van der Waals surface area (Å²) in [7, 11) is 1.79. The van der Waals surface area contributed by atoms with Crippen molar-refractivity contribution in [3.8, 4) is 5.75 Å². The second kappa shape index (κ2) is 13.0. The van der Waals surface area contributed by atoms with Crippen molar-refractivity contribution in [3.05, 3.63) is 30.1 Å². The Morgan fingerprint density at radius 2 is 1.74 bits per heavy atom. The van der Waals surface area contributed by atoms with E-state index in [4.69, 9.17) is 4.74 Å². The van der Waals surface area contributed by atoms with Crippen LogP contribution in [0.25, 0.3) is 0 Å². The highest BCUT2D eigenvalue weighted by atomic mass is 127. The average Bonchev–Trinajstić information content (AvgIpc) is 3.32.